The Hall–Kier alpha value is -2.89. The number of rotatable bonds is 5. The number of aromatic nitrogens is 1. The lowest BCUT2D eigenvalue weighted by molar-refractivity contribution is -0.141. The average Bonchev–Trinajstić information content (AvgIpc) is 2.83. The normalized spacial score (nSPS) is 11.2. The van der Waals surface area contributed by atoms with Gasteiger partial charge in [0.1, 0.15) is 18.1 Å². The van der Waals surface area contributed by atoms with E-state index in [9.17, 15) is 9.59 Å². The standard InChI is InChI=1S/C17H18N2O4/c1-11-15(12(2)23-19-11)10-22-17(21)16(18-13(3)20)9-14-7-5-4-6-8-14/h4-9H,10H2,1-3H3,(H,18,20). The number of carbonyl (C=O) groups excluding carboxylic acids is 2. The Bertz CT molecular complexity index is 713. The van der Waals surface area contributed by atoms with Gasteiger partial charge in [-0.25, -0.2) is 4.79 Å². The van der Waals surface area contributed by atoms with Gasteiger partial charge in [0.25, 0.3) is 0 Å². The van der Waals surface area contributed by atoms with Gasteiger partial charge >= 0.3 is 5.97 Å². The van der Waals surface area contributed by atoms with Crippen molar-refractivity contribution in [3.8, 4) is 0 Å². The monoisotopic (exact) mass is 314 g/mol. The van der Waals surface area contributed by atoms with Gasteiger partial charge in [-0.3, -0.25) is 4.79 Å². The number of nitrogens with one attached hydrogen (secondary N) is 1. The number of hydrogen-bond acceptors (Lipinski definition) is 5. The van der Waals surface area contributed by atoms with E-state index in [-0.39, 0.29) is 18.2 Å². The minimum atomic E-state index is -0.621. The SMILES string of the molecule is CC(=O)NC(=Cc1ccccc1)C(=O)OCc1c(C)noc1C. The molecule has 1 N–H and O–H groups in total. The van der Waals surface area contributed by atoms with Crippen LogP contribution in [-0.2, 0) is 20.9 Å². The topological polar surface area (TPSA) is 81.4 Å². The summed E-state index contributed by atoms with van der Waals surface area (Å²) in [5.41, 5.74) is 2.25. The van der Waals surface area contributed by atoms with Crippen LogP contribution >= 0.6 is 0 Å². The fraction of sp³-hybridized carbons (Fsp3) is 0.235. The van der Waals surface area contributed by atoms with E-state index >= 15 is 0 Å². The molecule has 6 heteroatoms. The molecule has 0 aliphatic rings. The fourth-order valence-corrected chi connectivity index (χ4v) is 1.98. The van der Waals surface area contributed by atoms with Crippen molar-refractivity contribution >= 4 is 18.0 Å². The molecule has 0 saturated heterocycles. The summed E-state index contributed by atoms with van der Waals surface area (Å²) in [6.07, 6.45) is 1.57. The highest BCUT2D eigenvalue weighted by Gasteiger charge is 2.16. The van der Waals surface area contributed by atoms with Crippen molar-refractivity contribution in [1.82, 2.24) is 10.5 Å². The molecule has 0 fully saturated rings. The van der Waals surface area contributed by atoms with Gasteiger partial charge < -0.3 is 14.6 Å². The summed E-state index contributed by atoms with van der Waals surface area (Å²) >= 11 is 0. The minimum Gasteiger partial charge on any atom is -0.456 e. The van der Waals surface area contributed by atoms with Crippen molar-refractivity contribution in [2.75, 3.05) is 0 Å². The summed E-state index contributed by atoms with van der Waals surface area (Å²) in [5.74, 6) is -0.367. The third-order valence-corrected chi connectivity index (χ3v) is 3.17. The van der Waals surface area contributed by atoms with Crippen molar-refractivity contribution in [2.45, 2.75) is 27.4 Å². The maximum atomic E-state index is 12.2. The zero-order chi connectivity index (χ0) is 16.8. The molecular weight excluding hydrogens is 296 g/mol. The minimum absolute atomic E-state index is 0.0334. The number of nitrogens with zero attached hydrogens (tertiary/aromatic N) is 1. The molecule has 1 amide bonds. The molecule has 0 atom stereocenters. The zero-order valence-corrected chi connectivity index (χ0v) is 13.3. The van der Waals surface area contributed by atoms with Gasteiger partial charge in [0.15, 0.2) is 0 Å². The number of esters is 1. The highest BCUT2D eigenvalue weighted by Crippen LogP contribution is 2.14. The summed E-state index contributed by atoms with van der Waals surface area (Å²) < 4.78 is 10.3. The van der Waals surface area contributed by atoms with Crippen LogP contribution < -0.4 is 5.32 Å². The first-order valence-electron chi connectivity index (χ1n) is 7.10. The quantitative estimate of drug-likeness (QED) is 0.677. The van der Waals surface area contributed by atoms with Crippen molar-refractivity contribution in [3.05, 3.63) is 58.6 Å². The van der Waals surface area contributed by atoms with E-state index in [1.165, 1.54) is 6.92 Å². The van der Waals surface area contributed by atoms with Gasteiger partial charge in [0, 0.05) is 6.92 Å². The van der Waals surface area contributed by atoms with Crippen LogP contribution in [0.3, 0.4) is 0 Å². The lowest BCUT2D eigenvalue weighted by atomic mass is 10.2. The molecule has 0 spiro atoms. The molecule has 6 nitrogen and oxygen atoms in total. The molecule has 1 aromatic carbocycles. The third kappa shape index (κ3) is 4.54. The Balaban J connectivity index is 2.14. The number of benzene rings is 1. The number of amides is 1. The molecule has 0 saturated carbocycles. The Morgan fingerprint density at radius 1 is 1.26 bits per heavy atom. The van der Waals surface area contributed by atoms with E-state index in [1.54, 1.807) is 19.9 Å². The molecule has 0 unspecified atom stereocenters. The van der Waals surface area contributed by atoms with E-state index in [1.807, 2.05) is 30.3 Å². The predicted molar refractivity (Wildman–Crippen MR) is 84.0 cm³/mol. The molecule has 23 heavy (non-hydrogen) atoms. The summed E-state index contributed by atoms with van der Waals surface area (Å²) in [4.78, 5) is 23.5. The van der Waals surface area contributed by atoms with Gasteiger partial charge in [-0.1, -0.05) is 35.5 Å². The van der Waals surface area contributed by atoms with Gasteiger partial charge in [-0.2, -0.15) is 0 Å². The molecular formula is C17H18N2O4. The first-order valence-corrected chi connectivity index (χ1v) is 7.10. The van der Waals surface area contributed by atoms with Crippen LogP contribution in [0.1, 0.15) is 29.5 Å². The highest BCUT2D eigenvalue weighted by molar-refractivity contribution is 5.97. The predicted octanol–water partition coefficient (Wildman–Crippen LogP) is 2.51. The summed E-state index contributed by atoms with van der Waals surface area (Å²) in [6, 6.07) is 9.19. The van der Waals surface area contributed by atoms with Crippen LogP contribution in [0.4, 0.5) is 0 Å². The van der Waals surface area contributed by atoms with Gasteiger partial charge in [-0.05, 0) is 25.5 Å². The molecule has 0 bridgehead atoms. The van der Waals surface area contributed by atoms with Gasteiger partial charge in [0.05, 0.1) is 11.3 Å². The maximum absolute atomic E-state index is 12.2. The van der Waals surface area contributed by atoms with Crippen LogP contribution in [0.15, 0.2) is 40.6 Å². The number of hydrogen-bond donors (Lipinski definition) is 1. The second-order valence-corrected chi connectivity index (χ2v) is 5.03. The smallest absolute Gasteiger partial charge is 0.355 e. The molecule has 2 rings (SSSR count). The van der Waals surface area contributed by atoms with E-state index in [4.69, 9.17) is 9.26 Å². The highest BCUT2D eigenvalue weighted by atomic mass is 16.5. The first-order chi connectivity index (χ1) is 11.0. The largest absolute Gasteiger partial charge is 0.456 e. The van der Waals surface area contributed by atoms with Crippen molar-refractivity contribution in [3.63, 3.8) is 0 Å². The van der Waals surface area contributed by atoms with Crippen molar-refractivity contribution < 1.29 is 18.8 Å². The third-order valence-electron chi connectivity index (χ3n) is 3.17. The second kappa shape index (κ2) is 7.40. The second-order valence-electron chi connectivity index (χ2n) is 5.03. The Kier molecular flexibility index (Phi) is 5.30. The average molecular weight is 314 g/mol. The lowest BCUT2D eigenvalue weighted by Crippen LogP contribution is -2.26. The van der Waals surface area contributed by atoms with Crippen LogP contribution in [0, 0.1) is 13.8 Å². The molecule has 1 aromatic heterocycles. The number of aryl methyl sites for hydroxylation is 2. The molecule has 120 valence electrons. The number of ether oxygens (including phenoxy) is 1. The van der Waals surface area contributed by atoms with Crippen molar-refractivity contribution in [1.29, 1.82) is 0 Å². The van der Waals surface area contributed by atoms with Crippen molar-refractivity contribution in [2.24, 2.45) is 0 Å². The molecule has 1 heterocycles. The lowest BCUT2D eigenvalue weighted by Gasteiger charge is -2.09. The molecule has 0 aliphatic carbocycles. The van der Waals surface area contributed by atoms with E-state index in [2.05, 4.69) is 10.5 Å². The summed E-state index contributed by atoms with van der Waals surface area (Å²) in [5, 5.41) is 6.30. The Morgan fingerprint density at radius 2 is 1.96 bits per heavy atom. The maximum Gasteiger partial charge on any atom is 0.355 e. The summed E-state index contributed by atoms with van der Waals surface area (Å²) in [6.45, 7) is 4.89. The Morgan fingerprint density at radius 3 is 2.52 bits per heavy atom. The van der Waals surface area contributed by atoms with Crippen LogP contribution in [-0.4, -0.2) is 17.0 Å². The van der Waals surface area contributed by atoms with E-state index < -0.39 is 5.97 Å². The fourth-order valence-electron chi connectivity index (χ4n) is 1.98. The van der Waals surface area contributed by atoms with Crippen LogP contribution in [0.5, 0.6) is 0 Å². The zero-order valence-electron chi connectivity index (χ0n) is 13.3. The molecule has 0 radical (unpaired) electrons. The summed E-state index contributed by atoms with van der Waals surface area (Å²) in [7, 11) is 0. The molecule has 0 aliphatic heterocycles. The molecule has 2 aromatic rings. The van der Waals surface area contributed by atoms with Crippen LogP contribution in [0.25, 0.3) is 6.08 Å². The van der Waals surface area contributed by atoms with Gasteiger partial charge in [-0.15, -0.1) is 0 Å². The van der Waals surface area contributed by atoms with Gasteiger partial charge in [0.2, 0.25) is 5.91 Å². The number of carbonyl (C=O) groups is 2. The van der Waals surface area contributed by atoms with E-state index in [0.29, 0.717) is 11.5 Å². The first kappa shape index (κ1) is 16.5. The Labute approximate surface area is 134 Å². The van der Waals surface area contributed by atoms with E-state index in [0.717, 1.165) is 11.1 Å². The van der Waals surface area contributed by atoms with Crippen LogP contribution in [0.2, 0.25) is 0 Å².